The first-order chi connectivity index (χ1) is 10.1. The molecule has 6 nitrogen and oxygen atoms in total. The zero-order valence-corrected chi connectivity index (χ0v) is 13.4. The molecule has 0 aliphatic heterocycles. The fraction of sp³-hybridized carbons (Fsp3) is 0.308. The molecule has 0 bridgehead atoms. The highest BCUT2D eigenvalue weighted by Crippen LogP contribution is 2.25. The number of thioether (sulfide) groups is 1. The molecule has 1 N–H and O–H groups in total. The fourth-order valence-corrected chi connectivity index (χ4v) is 3.54. The van der Waals surface area contributed by atoms with Gasteiger partial charge in [0, 0.05) is 12.3 Å². The first-order valence-electron chi connectivity index (χ1n) is 6.45. The summed E-state index contributed by atoms with van der Waals surface area (Å²) in [5.74, 6) is 0.884. The molecule has 0 unspecified atom stereocenters. The van der Waals surface area contributed by atoms with Crippen molar-refractivity contribution in [1.29, 1.82) is 0 Å². The molecule has 0 aliphatic rings. The van der Waals surface area contributed by atoms with Crippen molar-refractivity contribution in [2.75, 3.05) is 26.4 Å². The van der Waals surface area contributed by atoms with Gasteiger partial charge in [0.25, 0.3) is 5.56 Å². The predicted octanol–water partition coefficient (Wildman–Crippen LogP) is 1.80. The third kappa shape index (κ3) is 3.02. The molecule has 0 spiro atoms. The second kappa shape index (κ2) is 6.00. The summed E-state index contributed by atoms with van der Waals surface area (Å²) >= 11 is 3.18. The van der Waals surface area contributed by atoms with Gasteiger partial charge in [0.2, 0.25) is 5.16 Å². The van der Waals surface area contributed by atoms with Gasteiger partial charge < -0.3 is 4.90 Å². The number of aromatic nitrogens is 4. The SMILES string of the molecule is CN(C)CCSc1n[nH]c(=O)c2cc(-c3cccs3)nn12. The summed E-state index contributed by atoms with van der Waals surface area (Å²) in [5.41, 5.74) is 1.11. The minimum absolute atomic E-state index is 0.220. The van der Waals surface area contributed by atoms with E-state index in [1.54, 1.807) is 27.6 Å². The Bertz CT molecular complexity index is 791. The van der Waals surface area contributed by atoms with Gasteiger partial charge in [-0.25, -0.2) is 9.61 Å². The highest BCUT2D eigenvalue weighted by Gasteiger charge is 2.12. The lowest BCUT2D eigenvalue weighted by Gasteiger charge is -2.08. The zero-order valence-electron chi connectivity index (χ0n) is 11.7. The summed E-state index contributed by atoms with van der Waals surface area (Å²) in [6.45, 7) is 0.937. The first-order valence-corrected chi connectivity index (χ1v) is 8.31. The summed E-state index contributed by atoms with van der Waals surface area (Å²) in [5, 5.41) is 13.9. The van der Waals surface area contributed by atoms with E-state index in [4.69, 9.17) is 0 Å². The number of fused-ring (bicyclic) bond motifs is 1. The molecule has 0 radical (unpaired) electrons. The van der Waals surface area contributed by atoms with Crippen LogP contribution in [0.15, 0.2) is 33.5 Å². The van der Waals surface area contributed by atoms with Crippen LogP contribution in [0.5, 0.6) is 0 Å². The van der Waals surface area contributed by atoms with Crippen molar-refractivity contribution in [2.45, 2.75) is 5.16 Å². The van der Waals surface area contributed by atoms with E-state index >= 15 is 0 Å². The van der Waals surface area contributed by atoms with Crippen molar-refractivity contribution in [1.82, 2.24) is 24.7 Å². The molecule has 3 aromatic heterocycles. The molecular weight excluding hydrogens is 306 g/mol. The van der Waals surface area contributed by atoms with E-state index in [0.717, 1.165) is 22.9 Å². The predicted molar refractivity (Wildman–Crippen MR) is 86.2 cm³/mol. The Kier molecular flexibility index (Phi) is 4.09. The normalized spacial score (nSPS) is 11.6. The zero-order chi connectivity index (χ0) is 14.8. The summed E-state index contributed by atoms with van der Waals surface area (Å²) in [4.78, 5) is 15.1. The molecule has 0 saturated heterocycles. The lowest BCUT2D eigenvalue weighted by molar-refractivity contribution is 0.437. The van der Waals surface area contributed by atoms with E-state index in [0.29, 0.717) is 10.7 Å². The highest BCUT2D eigenvalue weighted by atomic mass is 32.2. The van der Waals surface area contributed by atoms with Gasteiger partial charge in [0.15, 0.2) is 0 Å². The molecule has 0 fully saturated rings. The van der Waals surface area contributed by atoms with Gasteiger partial charge in [-0.3, -0.25) is 4.79 Å². The van der Waals surface area contributed by atoms with Gasteiger partial charge >= 0.3 is 0 Å². The van der Waals surface area contributed by atoms with Gasteiger partial charge in [0.05, 0.1) is 4.88 Å². The van der Waals surface area contributed by atoms with Crippen LogP contribution < -0.4 is 5.56 Å². The van der Waals surface area contributed by atoms with Crippen LogP contribution in [-0.4, -0.2) is 51.1 Å². The Hall–Kier alpha value is -1.64. The van der Waals surface area contributed by atoms with Crippen molar-refractivity contribution in [3.63, 3.8) is 0 Å². The van der Waals surface area contributed by atoms with E-state index in [-0.39, 0.29) is 5.56 Å². The molecule has 3 rings (SSSR count). The lowest BCUT2D eigenvalue weighted by Crippen LogP contribution is -2.17. The number of nitrogens with zero attached hydrogens (tertiary/aromatic N) is 4. The quantitative estimate of drug-likeness (QED) is 0.726. The maximum atomic E-state index is 11.9. The lowest BCUT2D eigenvalue weighted by atomic mass is 10.3. The van der Waals surface area contributed by atoms with Crippen LogP contribution >= 0.6 is 23.1 Å². The molecule has 0 aliphatic carbocycles. The maximum Gasteiger partial charge on any atom is 0.290 e. The number of hydrogen-bond donors (Lipinski definition) is 1. The summed E-state index contributed by atoms with van der Waals surface area (Å²) in [6.07, 6.45) is 0. The highest BCUT2D eigenvalue weighted by molar-refractivity contribution is 7.99. The minimum atomic E-state index is -0.220. The van der Waals surface area contributed by atoms with Gasteiger partial charge in [0.1, 0.15) is 11.2 Å². The molecule has 3 heterocycles. The van der Waals surface area contributed by atoms with E-state index in [9.17, 15) is 4.79 Å². The Morgan fingerprint density at radius 3 is 3.05 bits per heavy atom. The molecule has 8 heteroatoms. The van der Waals surface area contributed by atoms with E-state index < -0.39 is 0 Å². The molecule has 0 saturated carbocycles. The molecule has 110 valence electrons. The van der Waals surface area contributed by atoms with Crippen molar-refractivity contribution in [3.8, 4) is 10.6 Å². The average Bonchev–Trinajstić information content (AvgIpc) is 3.08. The Morgan fingerprint density at radius 1 is 1.48 bits per heavy atom. The number of hydrogen-bond acceptors (Lipinski definition) is 6. The summed E-state index contributed by atoms with van der Waals surface area (Å²) < 4.78 is 1.63. The molecule has 3 aromatic rings. The number of nitrogens with one attached hydrogen (secondary N) is 1. The van der Waals surface area contributed by atoms with Crippen LogP contribution in [-0.2, 0) is 0 Å². The van der Waals surface area contributed by atoms with Gasteiger partial charge in [-0.15, -0.1) is 16.4 Å². The largest absolute Gasteiger partial charge is 0.309 e. The third-order valence-corrected chi connectivity index (χ3v) is 4.72. The Balaban J connectivity index is 1.98. The molecule has 0 aromatic carbocycles. The number of H-pyrrole nitrogens is 1. The Labute approximate surface area is 129 Å². The smallest absolute Gasteiger partial charge is 0.290 e. The van der Waals surface area contributed by atoms with Crippen LogP contribution in [0.4, 0.5) is 0 Å². The maximum absolute atomic E-state index is 11.9. The van der Waals surface area contributed by atoms with E-state index in [1.165, 1.54) is 0 Å². The molecule has 0 amide bonds. The second-order valence-corrected chi connectivity index (χ2v) is 6.80. The van der Waals surface area contributed by atoms with Gasteiger partial charge in [-0.1, -0.05) is 17.8 Å². The van der Waals surface area contributed by atoms with Crippen LogP contribution in [0.2, 0.25) is 0 Å². The second-order valence-electron chi connectivity index (χ2n) is 4.79. The third-order valence-electron chi connectivity index (χ3n) is 2.92. The van der Waals surface area contributed by atoms with E-state index in [1.807, 2.05) is 37.7 Å². The molecular formula is C13H15N5OS2. The minimum Gasteiger partial charge on any atom is -0.309 e. The average molecular weight is 321 g/mol. The van der Waals surface area contributed by atoms with E-state index in [2.05, 4.69) is 20.2 Å². The van der Waals surface area contributed by atoms with Gasteiger partial charge in [-0.05, 0) is 31.6 Å². The van der Waals surface area contributed by atoms with Crippen molar-refractivity contribution in [3.05, 3.63) is 33.9 Å². The van der Waals surface area contributed by atoms with Crippen LogP contribution in [0.1, 0.15) is 0 Å². The van der Waals surface area contributed by atoms with Crippen LogP contribution in [0, 0.1) is 0 Å². The van der Waals surface area contributed by atoms with Crippen molar-refractivity contribution < 1.29 is 0 Å². The topological polar surface area (TPSA) is 66.3 Å². The standard InChI is InChI=1S/C13H15N5OS2/c1-17(2)5-7-21-13-15-14-12(19)10-8-9(16-18(10)13)11-4-3-6-20-11/h3-4,6,8H,5,7H2,1-2H3,(H,14,19). The summed E-state index contributed by atoms with van der Waals surface area (Å²) in [7, 11) is 4.05. The van der Waals surface area contributed by atoms with Gasteiger partial charge in [-0.2, -0.15) is 5.10 Å². The van der Waals surface area contributed by atoms with Crippen molar-refractivity contribution in [2.24, 2.45) is 0 Å². The van der Waals surface area contributed by atoms with Crippen molar-refractivity contribution >= 4 is 28.6 Å². The number of rotatable bonds is 5. The fourth-order valence-electron chi connectivity index (χ4n) is 1.85. The monoisotopic (exact) mass is 321 g/mol. The Morgan fingerprint density at radius 2 is 2.33 bits per heavy atom. The number of thiophene rings is 1. The van der Waals surface area contributed by atoms with Crippen LogP contribution in [0.25, 0.3) is 16.1 Å². The number of aromatic amines is 1. The molecule has 21 heavy (non-hydrogen) atoms. The van der Waals surface area contributed by atoms with Crippen LogP contribution in [0.3, 0.4) is 0 Å². The first kappa shape index (κ1) is 14.3. The summed E-state index contributed by atoms with van der Waals surface area (Å²) in [6, 6.07) is 5.77. The molecule has 0 atom stereocenters.